The van der Waals surface area contributed by atoms with Crippen LogP contribution in [0, 0.1) is 103 Å². The second kappa shape index (κ2) is 36.1. The number of amidine groups is 1. The van der Waals surface area contributed by atoms with Crippen LogP contribution in [0.15, 0.2) is 23.3 Å². The fourth-order valence-electron chi connectivity index (χ4n) is 22.6. The quantitative estimate of drug-likeness (QED) is 0.00908. The Labute approximate surface area is 593 Å². The third-order valence-corrected chi connectivity index (χ3v) is 28.1. The Morgan fingerprint density at radius 1 is 0.490 bits per heavy atom. The van der Waals surface area contributed by atoms with Crippen molar-refractivity contribution in [2.45, 2.75) is 293 Å². The lowest BCUT2D eigenvalue weighted by molar-refractivity contribution is -0.927. The molecule has 18 heteroatoms. The summed E-state index contributed by atoms with van der Waals surface area (Å²) in [5.41, 5.74) is 28.0. The Morgan fingerprint density at radius 2 is 0.918 bits per heavy atom. The molecule has 6 saturated carbocycles. The van der Waals surface area contributed by atoms with Crippen molar-refractivity contribution >= 4 is 35.8 Å². The molecule has 4 amide bonds. The molecular weight excluding hydrogens is 1220 g/mol. The highest BCUT2D eigenvalue weighted by molar-refractivity contribution is 5.82. The standard InChI is InChI=1S/C80H142N12O6/c1-53(2)19-13-21-55(5)63-30-32-65-61-28-26-57-51-59(34-38-77(57,7)67(61)36-40-79(63,65)9)97-75(95)90-44-17-48-92(50-46-88-73(94)69(81)23-11-12-25-71(83)84,47-16-43-87-72(93)70(82)24-15-42-89-74(85)86)49-18-45-91-76(96)98-60-35-39-78(8)58(52-60)27-29-62-66-33-31-64(56(6)22-14-20-54(3)4)80(66,10)41-37-68(62)78/h26-27,53-56,59-70H,11-25,28-52,81-82H2,1-10H3,(H10-,83,84,85,86,87,88,89,90,91,93,94,95,96)/p+1. The van der Waals surface area contributed by atoms with Gasteiger partial charge in [-0.25, -0.2) is 9.59 Å². The van der Waals surface area contributed by atoms with Gasteiger partial charge in [0, 0.05) is 64.7 Å². The smallest absolute Gasteiger partial charge is 0.407 e. The summed E-state index contributed by atoms with van der Waals surface area (Å²) in [6, 6.07) is -1.42. The minimum Gasteiger partial charge on any atom is -0.446 e. The largest absolute Gasteiger partial charge is 0.446 e. The first kappa shape index (κ1) is 79.3. The van der Waals surface area contributed by atoms with Crippen LogP contribution in [-0.4, -0.2) is 123 Å². The summed E-state index contributed by atoms with van der Waals surface area (Å²) in [5, 5.41) is 30.3. The van der Waals surface area contributed by atoms with E-state index in [-0.39, 0.29) is 58.8 Å². The number of hydrogen-bond donors (Lipinski definition) is 11. The number of carbonyl (C=O) groups excluding carboxylic acids is 4. The molecule has 0 aromatic heterocycles. The van der Waals surface area contributed by atoms with Gasteiger partial charge >= 0.3 is 12.2 Å². The van der Waals surface area contributed by atoms with Crippen LogP contribution < -0.4 is 49.5 Å². The molecule has 8 rings (SSSR count). The van der Waals surface area contributed by atoms with E-state index in [1.54, 1.807) is 0 Å². The molecule has 0 aromatic carbocycles. The van der Waals surface area contributed by atoms with E-state index in [0.717, 1.165) is 111 Å². The fraction of sp³-hybridized carbons (Fsp3) is 0.875. The molecule has 0 aromatic rings. The van der Waals surface area contributed by atoms with E-state index in [9.17, 15) is 19.2 Å². The Kier molecular flexibility index (Phi) is 29.2. The number of allylic oxidation sites excluding steroid dienone is 2. The third-order valence-electron chi connectivity index (χ3n) is 28.1. The van der Waals surface area contributed by atoms with Crippen LogP contribution in [0.3, 0.4) is 0 Å². The molecule has 18 atom stereocenters. The lowest BCUT2D eigenvalue weighted by Crippen LogP contribution is -2.56. The predicted molar refractivity (Wildman–Crippen MR) is 398 cm³/mol. The second-order valence-electron chi connectivity index (χ2n) is 35.3. The first-order valence-corrected chi connectivity index (χ1v) is 40.2. The van der Waals surface area contributed by atoms with Crippen LogP contribution in [0.5, 0.6) is 0 Å². The molecular formula is C80H143N12O6+. The highest BCUT2D eigenvalue weighted by atomic mass is 16.6. The first-order chi connectivity index (χ1) is 46.6. The minimum atomic E-state index is -0.713. The molecule has 0 bridgehead atoms. The van der Waals surface area contributed by atoms with Crippen molar-refractivity contribution in [2.24, 2.45) is 116 Å². The zero-order chi connectivity index (χ0) is 71.0. The van der Waals surface area contributed by atoms with Crippen LogP contribution in [-0.2, 0) is 19.1 Å². The van der Waals surface area contributed by atoms with Crippen molar-refractivity contribution in [3.63, 3.8) is 0 Å². The SMILES string of the molecule is CC(C)CCCC(C)C1CCC2C3CC=C4CC(OC(=O)NCCC[N+](CCCNC(=O)OC5CCC6(C)C(=CCC7C6CCC6(C)C(C(C)CCCC(C)C)CCC76)C5)(CCCNC(=O)C(N)CCCNC(=N)N)CCNC(=O)C(N)CCCCC(=N)N)CCC4(C)C3CCC12C. The van der Waals surface area contributed by atoms with Crippen molar-refractivity contribution in [1.82, 2.24) is 26.6 Å². The number of fused-ring (bicyclic) bond motifs is 10. The Hall–Kier alpha value is -4.42. The van der Waals surface area contributed by atoms with Crippen LogP contribution in [0.1, 0.15) is 268 Å². The van der Waals surface area contributed by atoms with E-state index in [4.69, 9.17) is 43.2 Å². The molecule has 0 spiro atoms. The topological polar surface area (TPSA) is 299 Å². The number of quaternary nitrogens is 1. The van der Waals surface area contributed by atoms with Crippen molar-refractivity contribution in [1.29, 1.82) is 10.8 Å². The normalized spacial score (nSPS) is 32.7. The third kappa shape index (κ3) is 20.3. The maximum atomic E-state index is 13.8. The molecule has 18 nitrogen and oxygen atoms in total. The van der Waals surface area contributed by atoms with Gasteiger partial charge in [-0.05, 0) is 208 Å². The van der Waals surface area contributed by atoms with Gasteiger partial charge in [0.15, 0.2) is 5.96 Å². The van der Waals surface area contributed by atoms with Crippen LogP contribution in [0.2, 0.25) is 0 Å². The van der Waals surface area contributed by atoms with Gasteiger partial charge in [-0.15, -0.1) is 0 Å². The maximum Gasteiger partial charge on any atom is 0.407 e. The minimum absolute atomic E-state index is 0.121. The number of alkyl carbamates (subject to hydrolysis) is 2. The highest BCUT2D eigenvalue weighted by Gasteiger charge is 2.61. The van der Waals surface area contributed by atoms with E-state index in [1.165, 1.54) is 101 Å². The summed E-state index contributed by atoms with van der Waals surface area (Å²) in [6.07, 6.45) is 35.9. The van der Waals surface area contributed by atoms with Crippen LogP contribution in [0.25, 0.3) is 0 Å². The molecule has 8 aliphatic carbocycles. The average Bonchev–Trinajstić information content (AvgIpc) is 1.42. The van der Waals surface area contributed by atoms with E-state index < -0.39 is 12.1 Å². The lowest BCUT2D eigenvalue weighted by Gasteiger charge is -2.58. The monoisotopic (exact) mass is 1370 g/mol. The number of amides is 4. The molecule has 0 heterocycles. The summed E-state index contributed by atoms with van der Waals surface area (Å²) >= 11 is 0. The van der Waals surface area contributed by atoms with Crippen LogP contribution in [0.4, 0.5) is 9.59 Å². The molecule has 18 unspecified atom stereocenters. The van der Waals surface area contributed by atoms with E-state index in [0.29, 0.717) is 144 Å². The summed E-state index contributed by atoms with van der Waals surface area (Å²) < 4.78 is 13.2. The predicted octanol–water partition coefficient (Wildman–Crippen LogP) is 13.9. The van der Waals surface area contributed by atoms with Crippen molar-refractivity contribution in [3.05, 3.63) is 23.3 Å². The lowest BCUT2D eigenvalue weighted by atomic mass is 9.47. The van der Waals surface area contributed by atoms with Gasteiger partial charge in [-0.3, -0.25) is 20.4 Å². The second-order valence-corrected chi connectivity index (χ2v) is 35.3. The van der Waals surface area contributed by atoms with Crippen molar-refractivity contribution < 1.29 is 33.1 Å². The molecule has 98 heavy (non-hydrogen) atoms. The zero-order valence-corrected chi connectivity index (χ0v) is 63.4. The number of carbonyl (C=O) groups is 4. The molecule has 15 N–H and O–H groups in total. The highest BCUT2D eigenvalue weighted by Crippen LogP contribution is 2.69. The molecule has 0 radical (unpaired) electrons. The maximum absolute atomic E-state index is 13.8. The van der Waals surface area contributed by atoms with Gasteiger partial charge in [0.05, 0.1) is 50.6 Å². The Morgan fingerprint density at radius 3 is 1.36 bits per heavy atom. The fourth-order valence-corrected chi connectivity index (χ4v) is 22.6. The summed E-state index contributed by atoms with van der Waals surface area (Å²) in [7, 11) is 0. The molecule has 6 fully saturated rings. The van der Waals surface area contributed by atoms with Crippen molar-refractivity contribution in [3.8, 4) is 0 Å². The number of nitrogens with zero attached hydrogens (tertiary/aromatic N) is 1. The number of unbranched alkanes of at least 4 members (excludes halogenated alkanes) is 1. The molecule has 558 valence electrons. The van der Waals surface area contributed by atoms with Crippen LogP contribution >= 0.6 is 0 Å². The first-order valence-electron chi connectivity index (χ1n) is 40.2. The van der Waals surface area contributed by atoms with E-state index in [2.05, 4.69) is 108 Å². The zero-order valence-electron chi connectivity index (χ0n) is 63.4. The number of nitrogens with two attached hydrogens (primary N) is 4. The van der Waals surface area contributed by atoms with Gasteiger partial charge < -0.3 is 63.5 Å². The number of nitrogens with one attached hydrogen (secondary N) is 7. The van der Waals surface area contributed by atoms with Gasteiger partial charge in [0.25, 0.3) is 0 Å². The van der Waals surface area contributed by atoms with Gasteiger partial charge in [0.2, 0.25) is 11.8 Å². The number of rotatable bonds is 38. The molecule has 0 saturated heterocycles. The van der Waals surface area contributed by atoms with Gasteiger partial charge in [-0.1, -0.05) is 137 Å². The van der Waals surface area contributed by atoms with E-state index >= 15 is 0 Å². The number of ether oxygens (including phenoxy) is 2. The Bertz CT molecular complexity index is 2560. The number of hydrogen-bond acceptors (Lipinski definition) is 10. The number of guanidine groups is 1. The Balaban J connectivity index is 0.871. The molecule has 8 aliphatic rings. The van der Waals surface area contributed by atoms with Gasteiger partial charge in [0.1, 0.15) is 12.2 Å². The summed E-state index contributed by atoms with van der Waals surface area (Å²) in [4.78, 5) is 54.5. The van der Waals surface area contributed by atoms with E-state index in [1.807, 2.05) is 0 Å². The average molecular weight is 1370 g/mol. The van der Waals surface area contributed by atoms with Crippen molar-refractivity contribution in [2.75, 3.05) is 58.9 Å². The molecule has 0 aliphatic heterocycles. The summed E-state index contributed by atoms with van der Waals surface area (Å²) in [5.74, 6) is 8.78. The van der Waals surface area contributed by atoms with Gasteiger partial charge in [-0.2, -0.15) is 0 Å². The summed E-state index contributed by atoms with van der Waals surface area (Å²) in [6.45, 7) is 29.4.